The number of hydrogen-bond acceptors (Lipinski definition) is 3. The molecule has 0 aliphatic rings. The first-order chi connectivity index (χ1) is 8.24. The van der Waals surface area contributed by atoms with Crippen molar-refractivity contribution < 1.29 is 4.79 Å². The normalized spacial score (nSPS) is 10.6. The molecule has 0 saturated carbocycles. The molecule has 0 aromatic carbocycles. The highest BCUT2D eigenvalue weighted by Crippen LogP contribution is 2.12. The van der Waals surface area contributed by atoms with Gasteiger partial charge in [0.15, 0.2) is 0 Å². The van der Waals surface area contributed by atoms with Gasteiger partial charge in [0.1, 0.15) is 10.4 Å². The molecule has 0 aliphatic heterocycles. The second-order valence-corrected chi connectivity index (χ2v) is 4.98. The summed E-state index contributed by atoms with van der Waals surface area (Å²) in [5.41, 5.74) is 0. The average molecular weight is 309 g/mol. The van der Waals surface area contributed by atoms with Crippen molar-refractivity contribution in [2.75, 3.05) is 5.32 Å². The molecule has 1 N–H and O–H groups in total. The number of anilines is 1. The number of thiophene rings is 1. The maximum Gasteiger partial charge on any atom is 0.249 e. The monoisotopic (exact) mass is 308 g/mol. The summed E-state index contributed by atoms with van der Waals surface area (Å²) in [7, 11) is 0. The molecule has 2 heterocycles. The molecule has 0 spiro atoms. The first-order valence-electron chi connectivity index (χ1n) is 4.89. The number of halogens is 1. The van der Waals surface area contributed by atoms with Crippen LogP contribution in [0.2, 0.25) is 0 Å². The van der Waals surface area contributed by atoms with Crippen LogP contribution < -0.4 is 5.32 Å². The van der Waals surface area contributed by atoms with Crippen LogP contribution in [-0.4, -0.2) is 10.9 Å². The SMILES string of the molecule is O=C(/C=C/c1cccs1)Nc1cccc(Br)n1. The first kappa shape index (κ1) is 12.0. The van der Waals surface area contributed by atoms with E-state index in [0.29, 0.717) is 10.4 Å². The Bertz CT molecular complexity index is 537. The molecule has 2 rings (SSSR count). The molecular weight excluding hydrogens is 300 g/mol. The van der Waals surface area contributed by atoms with Crippen LogP contribution in [0.4, 0.5) is 5.82 Å². The molecule has 17 heavy (non-hydrogen) atoms. The highest BCUT2D eigenvalue weighted by Gasteiger charge is 1.99. The van der Waals surface area contributed by atoms with E-state index in [2.05, 4.69) is 26.2 Å². The predicted octanol–water partition coefficient (Wildman–Crippen LogP) is 3.56. The van der Waals surface area contributed by atoms with Crippen LogP contribution in [0, 0.1) is 0 Å². The zero-order chi connectivity index (χ0) is 12.1. The second kappa shape index (κ2) is 5.75. The zero-order valence-electron chi connectivity index (χ0n) is 8.76. The van der Waals surface area contributed by atoms with Gasteiger partial charge in [-0.25, -0.2) is 4.98 Å². The summed E-state index contributed by atoms with van der Waals surface area (Å²) in [5.74, 6) is 0.337. The quantitative estimate of drug-likeness (QED) is 0.696. The van der Waals surface area contributed by atoms with E-state index in [1.807, 2.05) is 23.6 Å². The third-order valence-electron chi connectivity index (χ3n) is 1.91. The summed E-state index contributed by atoms with van der Waals surface area (Å²) in [6.07, 6.45) is 3.27. The van der Waals surface area contributed by atoms with Crippen LogP contribution in [0.3, 0.4) is 0 Å². The van der Waals surface area contributed by atoms with Gasteiger partial charge in [-0.2, -0.15) is 0 Å². The van der Waals surface area contributed by atoms with Crippen molar-refractivity contribution in [3.05, 3.63) is 51.3 Å². The number of rotatable bonds is 3. The maximum absolute atomic E-state index is 11.6. The van der Waals surface area contributed by atoms with E-state index >= 15 is 0 Å². The molecule has 0 saturated heterocycles. The fraction of sp³-hybridized carbons (Fsp3) is 0. The first-order valence-corrected chi connectivity index (χ1v) is 6.56. The van der Waals surface area contributed by atoms with Gasteiger partial charge in [-0.1, -0.05) is 12.1 Å². The van der Waals surface area contributed by atoms with Crippen molar-refractivity contribution in [1.29, 1.82) is 0 Å². The summed E-state index contributed by atoms with van der Waals surface area (Å²) in [4.78, 5) is 16.7. The van der Waals surface area contributed by atoms with E-state index in [0.717, 1.165) is 4.88 Å². The minimum Gasteiger partial charge on any atom is -0.307 e. The van der Waals surface area contributed by atoms with Crippen LogP contribution in [0.15, 0.2) is 46.4 Å². The van der Waals surface area contributed by atoms with Crippen LogP contribution >= 0.6 is 27.3 Å². The molecule has 1 amide bonds. The number of carbonyl (C=O) groups excluding carboxylic acids is 1. The van der Waals surface area contributed by atoms with Gasteiger partial charge in [-0.05, 0) is 45.6 Å². The van der Waals surface area contributed by atoms with Gasteiger partial charge >= 0.3 is 0 Å². The third-order valence-corrected chi connectivity index (χ3v) is 3.19. The van der Waals surface area contributed by atoms with Crippen LogP contribution in [0.25, 0.3) is 6.08 Å². The van der Waals surface area contributed by atoms with Crippen molar-refractivity contribution in [2.24, 2.45) is 0 Å². The molecule has 3 nitrogen and oxygen atoms in total. The fourth-order valence-corrected chi connectivity index (χ4v) is 2.15. The van der Waals surface area contributed by atoms with E-state index in [1.165, 1.54) is 6.08 Å². The van der Waals surface area contributed by atoms with Gasteiger partial charge in [0.05, 0.1) is 0 Å². The molecule has 0 unspecified atom stereocenters. The lowest BCUT2D eigenvalue weighted by Crippen LogP contribution is -2.08. The van der Waals surface area contributed by atoms with Crippen molar-refractivity contribution in [3.8, 4) is 0 Å². The Hall–Kier alpha value is -1.46. The highest BCUT2D eigenvalue weighted by atomic mass is 79.9. The van der Waals surface area contributed by atoms with Gasteiger partial charge in [0, 0.05) is 11.0 Å². The van der Waals surface area contributed by atoms with Gasteiger partial charge in [0.25, 0.3) is 0 Å². The lowest BCUT2D eigenvalue weighted by molar-refractivity contribution is -0.111. The Morgan fingerprint density at radius 1 is 1.35 bits per heavy atom. The minimum atomic E-state index is -0.191. The zero-order valence-corrected chi connectivity index (χ0v) is 11.2. The smallest absolute Gasteiger partial charge is 0.249 e. The Balaban J connectivity index is 1.98. The molecule has 2 aromatic heterocycles. The van der Waals surface area contributed by atoms with E-state index in [1.54, 1.807) is 29.5 Å². The van der Waals surface area contributed by atoms with Gasteiger partial charge in [0.2, 0.25) is 5.91 Å². The molecule has 0 fully saturated rings. The van der Waals surface area contributed by atoms with Crippen LogP contribution in [-0.2, 0) is 4.79 Å². The van der Waals surface area contributed by atoms with Gasteiger partial charge in [-0.15, -0.1) is 11.3 Å². The molecule has 0 atom stereocenters. The molecule has 86 valence electrons. The molecule has 5 heteroatoms. The van der Waals surface area contributed by atoms with Crippen LogP contribution in [0.5, 0.6) is 0 Å². The Morgan fingerprint density at radius 2 is 2.24 bits per heavy atom. The number of pyridine rings is 1. The summed E-state index contributed by atoms with van der Waals surface area (Å²) >= 11 is 4.83. The van der Waals surface area contributed by atoms with E-state index in [9.17, 15) is 4.79 Å². The lowest BCUT2D eigenvalue weighted by Gasteiger charge is -2.00. The summed E-state index contributed by atoms with van der Waals surface area (Å²) in [5, 5.41) is 4.65. The van der Waals surface area contributed by atoms with E-state index < -0.39 is 0 Å². The largest absolute Gasteiger partial charge is 0.307 e. The number of carbonyl (C=O) groups is 1. The molecule has 0 radical (unpaired) electrons. The van der Waals surface area contributed by atoms with Gasteiger partial charge in [-0.3, -0.25) is 4.79 Å². The molecule has 0 bridgehead atoms. The fourth-order valence-electron chi connectivity index (χ4n) is 1.19. The third kappa shape index (κ3) is 3.80. The van der Waals surface area contributed by atoms with E-state index in [4.69, 9.17) is 0 Å². The number of nitrogens with zero attached hydrogens (tertiary/aromatic N) is 1. The predicted molar refractivity (Wildman–Crippen MR) is 73.9 cm³/mol. The maximum atomic E-state index is 11.6. The second-order valence-electron chi connectivity index (χ2n) is 3.18. The Kier molecular flexibility index (Phi) is 4.06. The summed E-state index contributed by atoms with van der Waals surface area (Å²) in [6, 6.07) is 9.25. The Labute approximate surface area is 111 Å². The lowest BCUT2D eigenvalue weighted by atomic mass is 10.4. The summed E-state index contributed by atoms with van der Waals surface area (Å²) < 4.78 is 0.692. The average Bonchev–Trinajstić information content (AvgIpc) is 2.79. The molecular formula is C12H9BrN2OS. The van der Waals surface area contributed by atoms with Gasteiger partial charge < -0.3 is 5.32 Å². The standard InChI is InChI=1S/C12H9BrN2OS/c13-10-4-1-5-11(14-10)15-12(16)7-6-9-3-2-8-17-9/h1-8H,(H,14,15,16)/b7-6+. The number of aromatic nitrogens is 1. The molecule has 2 aromatic rings. The highest BCUT2D eigenvalue weighted by molar-refractivity contribution is 9.10. The van der Waals surface area contributed by atoms with E-state index in [-0.39, 0.29) is 5.91 Å². The molecule has 0 aliphatic carbocycles. The van der Waals surface area contributed by atoms with Crippen molar-refractivity contribution >= 4 is 45.1 Å². The van der Waals surface area contributed by atoms with Crippen molar-refractivity contribution in [3.63, 3.8) is 0 Å². The minimum absolute atomic E-state index is 0.191. The topological polar surface area (TPSA) is 42.0 Å². The number of hydrogen-bond donors (Lipinski definition) is 1. The number of nitrogens with one attached hydrogen (secondary N) is 1. The number of amides is 1. The Morgan fingerprint density at radius 3 is 2.94 bits per heavy atom. The van der Waals surface area contributed by atoms with Crippen molar-refractivity contribution in [1.82, 2.24) is 4.98 Å². The van der Waals surface area contributed by atoms with Crippen molar-refractivity contribution in [2.45, 2.75) is 0 Å². The summed E-state index contributed by atoms with van der Waals surface area (Å²) in [6.45, 7) is 0. The van der Waals surface area contributed by atoms with Crippen LogP contribution in [0.1, 0.15) is 4.88 Å².